The summed E-state index contributed by atoms with van der Waals surface area (Å²) in [5.41, 5.74) is 6.74. The summed E-state index contributed by atoms with van der Waals surface area (Å²) in [4.78, 5) is 1.51. The zero-order valence-electron chi connectivity index (χ0n) is 16.7. The number of aromatic nitrogens is 4. The minimum Gasteiger partial charge on any atom is -0.318 e. The third-order valence-corrected chi connectivity index (χ3v) is 5.88. The van der Waals surface area contributed by atoms with E-state index in [0.29, 0.717) is 0 Å². The zero-order chi connectivity index (χ0) is 21.5. The molecule has 0 spiro atoms. The van der Waals surface area contributed by atoms with Crippen molar-refractivity contribution in [2.45, 2.75) is 29.8 Å². The highest BCUT2D eigenvalue weighted by molar-refractivity contribution is 5.49. The lowest BCUT2D eigenvalue weighted by atomic mass is 9.73. The molecule has 5 rings (SSSR count). The van der Waals surface area contributed by atoms with Crippen molar-refractivity contribution in [2.24, 2.45) is 5.73 Å². The van der Waals surface area contributed by atoms with Crippen LogP contribution in [0, 0.1) is 0 Å². The van der Waals surface area contributed by atoms with Crippen molar-refractivity contribution in [3.05, 3.63) is 114 Å². The minimum atomic E-state index is -2.80. The Morgan fingerprint density at radius 2 is 1.16 bits per heavy atom. The molecule has 1 aliphatic rings. The Labute approximate surface area is 178 Å². The number of hydrogen-bond acceptors (Lipinski definition) is 4. The molecule has 1 heterocycles. The highest BCUT2D eigenvalue weighted by Gasteiger charge is 2.58. The Bertz CT molecular complexity index is 1070. The van der Waals surface area contributed by atoms with Crippen LogP contribution in [0.25, 0.3) is 0 Å². The van der Waals surface area contributed by atoms with Gasteiger partial charge < -0.3 is 5.73 Å². The van der Waals surface area contributed by atoms with Gasteiger partial charge in [-0.05, 0) is 21.9 Å². The van der Waals surface area contributed by atoms with E-state index < -0.39 is 29.8 Å². The molecule has 4 aromatic rings. The van der Waals surface area contributed by atoms with Gasteiger partial charge in [0.25, 0.3) is 5.92 Å². The molecule has 0 saturated heterocycles. The Hall–Kier alpha value is -3.45. The lowest BCUT2D eigenvalue weighted by molar-refractivity contribution is -0.127. The first-order chi connectivity index (χ1) is 14.9. The summed E-state index contributed by atoms with van der Waals surface area (Å²) in [6, 6.07) is 29.5. The number of tetrazole rings is 1. The van der Waals surface area contributed by atoms with E-state index in [1.54, 1.807) is 0 Å². The first-order valence-corrected chi connectivity index (χ1v) is 10.1. The lowest BCUT2D eigenvalue weighted by Gasteiger charge is -2.42. The summed E-state index contributed by atoms with van der Waals surface area (Å²) < 4.78 is 27.2. The summed E-state index contributed by atoms with van der Waals surface area (Å²) in [5.74, 6) is -2.67. The maximum Gasteiger partial charge on any atom is 0.252 e. The van der Waals surface area contributed by atoms with Crippen molar-refractivity contribution >= 4 is 0 Å². The van der Waals surface area contributed by atoms with Gasteiger partial charge in [0.2, 0.25) is 0 Å². The van der Waals surface area contributed by atoms with Gasteiger partial charge in [-0.1, -0.05) is 91.0 Å². The maximum atomic E-state index is 13.6. The Morgan fingerprint density at radius 1 is 0.742 bits per heavy atom. The second-order valence-corrected chi connectivity index (χ2v) is 8.08. The van der Waals surface area contributed by atoms with Gasteiger partial charge in [0.05, 0.1) is 5.54 Å². The fourth-order valence-electron chi connectivity index (χ4n) is 4.47. The third-order valence-electron chi connectivity index (χ3n) is 5.88. The first-order valence-electron chi connectivity index (χ1n) is 10.1. The molecule has 2 N–H and O–H groups in total. The van der Waals surface area contributed by atoms with Crippen molar-refractivity contribution in [1.82, 2.24) is 20.2 Å². The fourth-order valence-corrected chi connectivity index (χ4v) is 4.47. The third kappa shape index (κ3) is 3.13. The van der Waals surface area contributed by atoms with E-state index in [1.807, 2.05) is 91.0 Å². The summed E-state index contributed by atoms with van der Waals surface area (Å²) >= 11 is 0. The van der Waals surface area contributed by atoms with Gasteiger partial charge in [-0.15, -0.1) is 15.0 Å². The Balaban J connectivity index is 1.76. The van der Waals surface area contributed by atoms with Crippen LogP contribution in [-0.2, 0) is 11.1 Å². The van der Waals surface area contributed by atoms with Crippen LogP contribution < -0.4 is 5.73 Å². The van der Waals surface area contributed by atoms with Crippen molar-refractivity contribution < 1.29 is 8.78 Å². The van der Waals surface area contributed by atoms with E-state index in [0.717, 1.165) is 16.7 Å². The summed E-state index contributed by atoms with van der Waals surface area (Å²) in [6.45, 7) is 0. The molecular formula is C24H21F2N5. The van der Waals surface area contributed by atoms with Gasteiger partial charge in [-0.2, -0.15) is 0 Å². The van der Waals surface area contributed by atoms with Crippen LogP contribution in [-0.4, -0.2) is 26.1 Å². The fraction of sp³-hybridized carbons (Fsp3) is 0.208. The van der Waals surface area contributed by atoms with Gasteiger partial charge in [0.1, 0.15) is 0 Å². The predicted octanol–water partition coefficient (Wildman–Crippen LogP) is 4.10. The Kier molecular flexibility index (Phi) is 4.44. The average molecular weight is 417 g/mol. The van der Waals surface area contributed by atoms with Crippen LogP contribution in [0.3, 0.4) is 0 Å². The zero-order valence-corrected chi connectivity index (χ0v) is 16.7. The molecule has 1 aliphatic carbocycles. The number of halogens is 2. The molecule has 0 bridgehead atoms. The standard InChI is InChI=1S/C24H21F2N5/c25-23(26)16-22(27,17-23)21-28-30-31(29-21)24(18-10-4-1-5-11-18,19-12-6-2-7-13-19)20-14-8-3-9-15-20/h1-15H,16-17,27H2. The van der Waals surface area contributed by atoms with Crippen LogP contribution >= 0.6 is 0 Å². The molecule has 3 aromatic carbocycles. The predicted molar refractivity (Wildman–Crippen MR) is 112 cm³/mol. The molecule has 156 valence electrons. The van der Waals surface area contributed by atoms with Crippen LogP contribution in [0.4, 0.5) is 8.78 Å². The van der Waals surface area contributed by atoms with Crippen LogP contribution in [0.5, 0.6) is 0 Å². The molecule has 0 unspecified atom stereocenters. The maximum absolute atomic E-state index is 13.6. The van der Waals surface area contributed by atoms with Gasteiger partial charge in [-0.25, -0.2) is 8.78 Å². The van der Waals surface area contributed by atoms with Gasteiger partial charge >= 0.3 is 0 Å². The second kappa shape index (κ2) is 7.06. The molecule has 0 aliphatic heterocycles. The number of nitrogens with zero attached hydrogens (tertiary/aromatic N) is 4. The average Bonchev–Trinajstić information content (AvgIpc) is 3.26. The minimum absolute atomic E-state index is 0.130. The van der Waals surface area contributed by atoms with E-state index >= 15 is 0 Å². The second-order valence-electron chi connectivity index (χ2n) is 8.08. The van der Waals surface area contributed by atoms with Crippen molar-refractivity contribution in [3.63, 3.8) is 0 Å². The number of nitrogens with two attached hydrogens (primary N) is 1. The largest absolute Gasteiger partial charge is 0.318 e. The molecule has 0 amide bonds. The van der Waals surface area contributed by atoms with Crippen LogP contribution in [0.15, 0.2) is 91.0 Å². The first kappa shape index (κ1) is 19.5. The molecule has 1 fully saturated rings. The molecule has 0 radical (unpaired) electrons. The summed E-state index contributed by atoms with van der Waals surface area (Å²) in [7, 11) is 0. The molecule has 1 aromatic heterocycles. The smallest absolute Gasteiger partial charge is 0.252 e. The van der Waals surface area contributed by atoms with Crippen LogP contribution in [0.2, 0.25) is 0 Å². The number of hydrogen-bond donors (Lipinski definition) is 1. The number of benzene rings is 3. The van der Waals surface area contributed by atoms with Gasteiger partial charge in [-0.3, -0.25) is 0 Å². The quantitative estimate of drug-likeness (QED) is 0.497. The van der Waals surface area contributed by atoms with Crippen LogP contribution in [0.1, 0.15) is 35.4 Å². The molecule has 31 heavy (non-hydrogen) atoms. The molecule has 0 atom stereocenters. The van der Waals surface area contributed by atoms with Gasteiger partial charge in [0, 0.05) is 12.8 Å². The lowest BCUT2D eigenvalue weighted by Crippen LogP contribution is -2.56. The van der Waals surface area contributed by atoms with Crippen molar-refractivity contribution in [3.8, 4) is 0 Å². The molecule has 7 heteroatoms. The SMILES string of the molecule is NC1(c2nnn(C(c3ccccc3)(c3ccccc3)c3ccccc3)n2)CC(F)(F)C1. The van der Waals surface area contributed by atoms with E-state index in [-0.39, 0.29) is 5.82 Å². The number of rotatable bonds is 5. The van der Waals surface area contributed by atoms with Crippen molar-refractivity contribution in [1.29, 1.82) is 0 Å². The Morgan fingerprint density at radius 3 is 1.55 bits per heavy atom. The summed E-state index contributed by atoms with van der Waals surface area (Å²) in [6.07, 6.45) is -0.971. The molecular weight excluding hydrogens is 396 g/mol. The van der Waals surface area contributed by atoms with E-state index in [1.165, 1.54) is 4.80 Å². The van der Waals surface area contributed by atoms with Crippen molar-refractivity contribution in [2.75, 3.05) is 0 Å². The summed E-state index contributed by atoms with van der Waals surface area (Å²) in [5, 5.41) is 13.1. The van der Waals surface area contributed by atoms with E-state index in [4.69, 9.17) is 5.73 Å². The monoisotopic (exact) mass is 417 g/mol. The number of alkyl halides is 2. The van der Waals surface area contributed by atoms with E-state index in [9.17, 15) is 8.78 Å². The normalized spacial score (nSPS) is 17.1. The highest BCUT2D eigenvalue weighted by Crippen LogP contribution is 2.49. The molecule has 5 nitrogen and oxygen atoms in total. The topological polar surface area (TPSA) is 69.6 Å². The molecule has 1 saturated carbocycles. The van der Waals surface area contributed by atoms with Gasteiger partial charge in [0.15, 0.2) is 11.4 Å². The highest BCUT2D eigenvalue weighted by atomic mass is 19.3. The van der Waals surface area contributed by atoms with E-state index in [2.05, 4.69) is 15.4 Å².